The molecule has 0 N–H and O–H groups in total. The van der Waals surface area contributed by atoms with Gasteiger partial charge in [0.25, 0.3) is 5.92 Å². The minimum atomic E-state index is -6.11. The number of carbonyl (C=O) groups is 1. The monoisotopic (exact) mass is 392 g/mol. The first kappa shape index (κ1) is 21.8. The molecular weight excluding hydrogens is 378 g/mol. The predicted molar refractivity (Wildman–Crippen MR) is 63.3 cm³/mol. The summed E-state index contributed by atoms with van der Waals surface area (Å²) in [6.45, 7) is -1.65. The van der Waals surface area contributed by atoms with Crippen LogP contribution >= 0.6 is 0 Å². The zero-order valence-electron chi connectivity index (χ0n) is 12.9. The SMILES string of the molecule is CCC1CC(C(=O)OCC(F)(F)C(F)(F)F)C(F)(F)C1(F)C(C)(F)F. The van der Waals surface area contributed by atoms with Crippen molar-refractivity contribution in [3.8, 4) is 0 Å². The summed E-state index contributed by atoms with van der Waals surface area (Å²) in [5.41, 5.74) is -4.47. The molecule has 25 heavy (non-hydrogen) atoms. The summed E-state index contributed by atoms with van der Waals surface area (Å²) in [5.74, 6) is -22.4. The number of hydrogen-bond donors (Lipinski definition) is 0. The van der Waals surface area contributed by atoms with Crippen molar-refractivity contribution < 1.29 is 53.4 Å². The zero-order valence-corrected chi connectivity index (χ0v) is 12.9. The van der Waals surface area contributed by atoms with Crippen molar-refractivity contribution in [3.05, 3.63) is 0 Å². The molecule has 0 amide bonds. The molecule has 0 aromatic carbocycles. The number of esters is 1. The van der Waals surface area contributed by atoms with Crippen molar-refractivity contribution in [2.45, 2.75) is 56.3 Å². The molecule has 0 saturated heterocycles. The Morgan fingerprint density at radius 2 is 1.56 bits per heavy atom. The van der Waals surface area contributed by atoms with E-state index in [1.54, 1.807) is 0 Å². The van der Waals surface area contributed by atoms with Crippen LogP contribution in [0.5, 0.6) is 0 Å². The van der Waals surface area contributed by atoms with Crippen molar-refractivity contribution in [2.75, 3.05) is 6.61 Å². The van der Waals surface area contributed by atoms with Gasteiger partial charge in [0.15, 0.2) is 6.61 Å². The Labute approximate surface area is 135 Å². The van der Waals surface area contributed by atoms with Crippen LogP contribution in [0.25, 0.3) is 0 Å². The summed E-state index contributed by atoms with van der Waals surface area (Å²) >= 11 is 0. The molecule has 0 spiro atoms. The van der Waals surface area contributed by atoms with Crippen LogP contribution in [-0.2, 0) is 9.53 Å². The maximum atomic E-state index is 14.5. The van der Waals surface area contributed by atoms with Gasteiger partial charge in [-0.1, -0.05) is 6.92 Å². The molecule has 12 heteroatoms. The van der Waals surface area contributed by atoms with Gasteiger partial charge in [0.2, 0.25) is 5.67 Å². The molecule has 1 aliphatic rings. The standard InChI is InChI=1S/C13H14F10O2/c1-3-6-4-7(12(19,20)11(6,18)9(2,14)15)8(24)25-5-10(16,17)13(21,22)23/h6-7H,3-5H2,1-2H3. The van der Waals surface area contributed by atoms with Crippen LogP contribution in [0.4, 0.5) is 43.9 Å². The van der Waals surface area contributed by atoms with Crippen LogP contribution in [0, 0.1) is 11.8 Å². The smallest absolute Gasteiger partial charge is 0.456 e. The number of ether oxygens (including phenoxy) is 1. The minimum absolute atomic E-state index is 0.130. The molecule has 0 aliphatic heterocycles. The van der Waals surface area contributed by atoms with Gasteiger partial charge in [0, 0.05) is 12.8 Å². The fraction of sp³-hybridized carbons (Fsp3) is 0.923. The quantitative estimate of drug-likeness (QED) is 0.498. The van der Waals surface area contributed by atoms with Gasteiger partial charge in [-0.15, -0.1) is 0 Å². The highest BCUT2D eigenvalue weighted by molar-refractivity contribution is 5.75. The molecule has 0 heterocycles. The van der Waals surface area contributed by atoms with Gasteiger partial charge in [-0.3, -0.25) is 4.79 Å². The van der Waals surface area contributed by atoms with Crippen molar-refractivity contribution in [2.24, 2.45) is 11.8 Å². The lowest BCUT2D eigenvalue weighted by Crippen LogP contribution is -2.58. The highest BCUT2D eigenvalue weighted by atomic mass is 19.4. The zero-order chi connectivity index (χ0) is 20.1. The van der Waals surface area contributed by atoms with E-state index < -0.39 is 66.9 Å². The highest BCUT2D eigenvalue weighted by Gasteiger charge is 2.79. The molecule has 3 atom stereocenters. The lowest BCUT2D eigenvalue weighted by Gasteiger charge is -2.37. The molecule has 1 aliphatic carbocycles. The normalized spacial score (nSPS) is 30.4. The molecule has 0 aromatic rings. The van der Waals surface area contributed by atoms with Gasteiger partial charge in [0.1, 0.15) is 5.92 Å². The van der Waals surface area contributed by atoms with Crippen molar-refractivity contribution >= 4 is 5.97 Å². The Hall–Kier alpha value is -1.23. The second-order valence-electron chi connectivity index (χ2n) is 5.93. The Morgan fingerprint density at radius 3 is 1.88 bits per heavy atom. The molecule has 0 aromatic heterocycles. The van der Waals surface area contributed by atoms with Gasteiger partial charge in [-0.05, 0) is 12.8 Å². The third-order valence-corrected chi connectivity index (χ3v) is 4.23. The lowest BCUT2D eigenvalue weighted by molar-refractivity contribution is -0.295. The first-order valence-corrected chi connectivity index (χ1v) is 6.99. The van der Waals surface area contributed by atoms with E-state index in [2.05, 4.69) is 4.74 Å². The van der Waals surface area contributed by atoms with E-state index >= 15 is 0 Å². The van der Waals surface area contributed by atoms with Crippen LogP contribution in [0.15, 0.2) is 0 Å². The molecule has 0 bridgehead atoms. The second kappa shape index (κ2) is 6.19. The Kier molecular flexibility index (Phi) is 5.40. The minimum Gasteiger partial charge on any atom is -0.458 e. The van der Waals surface area contributed by atoms with E-state index in [1.165, 1.54) is 0 Å². The Morgan fingerprint density at radius 1 is 1.08 bits per heavy atom. The van der Waals surface area contributed by atoms with Crippen LogP contribution in [0.3, 0.4) is 0 Å². The van der Waals surface area contributed by atoms with Crippen molar-refractivity contribution in [1.29, 1.82) is 0 Å². The van der Waals surface area contributed by atoms with Gasteiger partial charge < -0.3 is 4.74 Å². The average Bonchev–Trinajstić information content (AvgIpc) is 2.63. The van der Waals surface area contributed by atoms with Gasteiger partial charge in [-0.25, -0.2) is 22.0 Å². The molecule has 1 rings (SSSR count). The molecular formula is C13H14F10O2. The van der Waals surface area contributed by atoms with Crippen LogP contribution in [0.2, 0.25) is 0 Å². The molecule has 148 valence electrons. The third-order valence-electron chi connectivity index (χ3n) is 4.23. The summed E-state index contributed by atoms with van der Waals surface area (Å²) in [5, 5.41) is 0. The molecule has 2 nitrogen and oxygen atoms in total. The first-order chi connectivity index (χ1) is 10.9. The third kappa shape index (κ3) is 3.40. The van der Waals surface area contributed by atoms with Crippen LogP contribution in [0.1, 0.15) is 26.7 Å². The van der Waals surface area contributed by atoms with Gasteiger partial charge in [-0.2, -0.15) is 22.0 Å². The average molecular weight is 392 g/mol. The van der Waals surface area contributed by atoms with E-state index in [0.717, 1.165) is 6.92 Å². The van der Waals surface area contributed by atoms with Gasteiger partial charge >= 0.3 is 24.0 Å². The summed E-state index contributed by atoms with van der Waals surface area (Å²) in [6, 6.07) is 0. The first-order valence-electron chi connectivity index (χ1n) is 6.99. The number of halogens is 10. The van der Waals surface area contributed by atoms with Crippen molar-refractivity contribution in [1.82, 2.24) is 0 Å². The number of hydrogen-bond acceptors (Lipinski definition) is 2. The maximum Gasteiger partial charge on any atom is 0.456 e. The van der Waals surface area contributed by atoms with E-state index in [9.17, 15) is 48.7 Å². The van der Waals surface area contributed by atoms with Crippen molar-refractivity contribution in [3.63, 3.8) is 0 Å². The summed E-state index contributed by atoms with van der Waals surface area (Å²) in [4.78, 5) is 11.5. The molecule has 0 radical (unpaired) electrons. The molecule has 1 saturated carbocycles. The van der Waals surface area contributed by atoms with E-state index in [1.807, 2.05) is 0 Å². The number of rotatable bonds is 5. The maximum absolute atomic E-state index is 14.5. The highest BCUT2D eigenvalue weighted by Crippen LogP contribution is 2.61. The number of carbonyl (C=O) groups excluding carboxylic acids is 1. The summed E-state index contributed by atoms with van der Waals surface area (Å²) in [7, 11) is 0. The Bertz CT molecular complexity index is 510. The van der Waals surface area contributed by atoms with E-state index in [0.29, 0.717) is 0 Å². The molecule has 1 fully saturated rings. The van der Waals surface area contributed by atoms with E-state index in [-0.39, 0.29) is 6.92 Å². The largest absolute Gasteiger partial charge is 0.458 e. The Balaban J connectivity index is 3.05. The van der Waals surface area contributed by atoms with E-state index in [4.69, 9.17) is 0 Å². The topological polar surface area (TPSA) is 26.3 Å². The number of alkyl halides is 10. The fourth-order valence-corrected chi connectivity index (χ4v) is 2.81. The van der Waals surface area contributed by atoms with Gasteiger partial charge in [0.05, 0.1) is 0 Å². The summed E-state index contributed by atoms with van der Waals surface area (Å²) < 4.78 is 134. The van der Waals surface area contributed by atoms with Crippen LogP contribution in [-0.4, -0.2) is 42.2 Å². The lowest BCUT2D eigenvalue weighted by atomic mass is 9.83. The van der Waals surface area contributed by atoms with Crippen LogP contribution < -0.4 is 0 Å². The fourth-order valence-electron chi connectivity index (χ4n) is 2.81. The predicted octanol–water partition coefficient (Wildman–Crippen LogP) is 4.77. The second-order valence-corrected chi connectivity index (χ2v) is 5.93. The molecule has 3 unspecified atom stereocenters. The summed E-state index contributed by atoms with van der Waals surface area (Å²) in [6.07, 6.45) is -7.84.